The second kappa shape index (κ2) is 3.92. The van der Waals surface area contributed by atoms with Gasteiger partial charge in [0.1, 0.15) is 5.69 Å². The molecule has 0 aromatic carbocycles. The lowest BCUT2D eigenvalue weighted by molar-refractivity contribution is 0.0919. The summed E-state index contributed by atoms with van der Waals surface area (Å²) in [5, 5.41) is 11.4. The van der Waals surface area contributed by atoms with Crippen LogP contribution in [0.25, 0.3) is 0 Å². The summed E-state index contributed by atoms with van der Waals surface area (Å²) < 4.78 is 0. The van der Waals surface area contributed by atoms with E-state index in [2.05, 4.69) is 10.3 Å². The number of nitrogens with one attached hydrogen (secondary N) is 2. The summed E-state index contributed by atoms with van der Waals surface area (Å²) in [6.07, 6.45) is 1.17. The molecule has 0 saturated heterocycles. The van der Waals surface area contributed by atoms with E-state index in [4.69, 9.17) is 5.11 Å². The standard InChI is InChI=1S/C8H12N2O2/c1-6(11)5-10-8(12)7-3-2-4-9-7/h2-4,6,9,11H,5H2,1H3,(H,10,12). The fourth-order valence-corrected chi connectivity index (χ4v) is 0.807. The third-order valence-corrected chi connectivity index (χ3v) is 1.40. The number of carbonyl (C=O) groups is 1. The summed E-state index contributed by atoms with van der Waals surface area (Å²) in [5.74, 6) is -0.194. The highest BCUT2D eigenvalue weighted by atomic mass is 16.3. The van der Waals surface area contributed by atoms with Gasteiger partial charge in [0.15, 0.2) is 0 Å². The summed E-state index contributed by atoms with van der Waals surface area (Å²) in [5.41, 5.74) is 0.510. The lowest BCUT2D eigenvalue weighted by atomic mass is 10.3. The second-order valence-corrected chi connectivity index (χ2v) is 2.64. The summed E-state index contributed by atoms with van der Waals surface area (Å²) in [7, 11) is 0. The van der Waals surface area contributed by atoms with E-state index in [-0.39, 0.29) is 12.5 Å². The first-order chi connectivity index (χ1) is 5.70. The Morgan fingerprint density at radius 1 is 1.83 bits per heavy atom. The maximum absolute atomic E-state index is 11.2. The van der Waals surface area contributed by atoms with Gasteiger partial charge in [-0.15, -0.1) is 0 Å². The van der Waals surface area contributed by atoms with Crippen LogP contribution in [0.4, 0.5) is 0 Å². The summed E-state index contributed by atoms with van der Waals surface area (Å²) in [6, 6.07) is 3.43. The van der Waals surface area contributed by atoms with Crippen LogP contribution in [0.15, 0.2) is 18.3 Å². The summed E-state index contributed by atoms with van der Waals surface area (Å²) >= 11 is 0. The van der Waals surface area contributed by atoms with Gasteiger partial charge in [-0.2, -0.15) is 0 Å². The van der Waals surface area contributed by atoms with Gasteiger partial charge in [0.25, 0.3) is 5.91 Å². The number of carbonyl (C=O) groups excluding carboxylic acids is 1. The number of aliphatic hydroxyl groups excluding tert-OH is 1. The molecule has 0 aliphatic rings. The Kier molecular flexibility index (Phi) is 2.88. The van der Waals surface area contributed by atoms with Crippen LogP contribution in [0.1, 0.15) is 17.4 Å². The molecular weight excluding hydrogens is 156 g/mol. The number of H-pyrrole nitrogens is 1. The molecule has 0 spiro atoms. The van der Waals surface area contributed by atoms with Crippen LogP contribution >= 0.6 is 0 Å². The van der Waals surface area contributed by atoms with Crippen LogP contribution in [0.3, 0.4) is 0 Å². The molecule has 0 fully saturated rings. The number of amides is 1. The molecule has 1 atom stereocenters. The largest absolute Gasteiger partial charge is 0.392 e. The first kappa shape index (κ1) is 8.80. The van der Waals surface area contributed by atoms with Crippen molar-refractivity contribution >= 4 is 5.91 Å². The third-order valence-electron chi connectivity index (χ3n) is 1.40. The Morgan fingerprint density at radius 2 is 2.58 bits per heavy atom. The molecule has 3 N–H and O–H groups in total. The molecule has 0 bridgehead atoms. The van der Waals surface area contributed by atoms with Gasteiger partial charge in [-0.05, 0) is 19.1 Å². The average molecular weight is 168 g/mol. The number of aromatic amines is 1. The molecule has 1 unspecified atom stereocenters. The minimum Gasteiger partial charge on any atom is -0.392 e. The van der Waals surface area contributed by atoms with Gasteiger partial charge in [-0.25, -0.2) is 0 Å². The highest BCUT2D eigenvalue weighted by Crippen LogP contribution is 1.93. The minimum absolute atomic E-state index is 0.194. The fourth-order valence-electron chi connectivity index (χ4n) is 0.807. The minimum atomic E-state index is -0.510. The monoisotopic (exact) mass is 168 g/mol. The Balaban J connectivity index is 2.40. The second-order valence-electron chi connectivity index (χ2n) is 2.64. The van der Waals surface area contributed by atoms with Crippen LogP contribution in [0.2, 0.25) is 0 Å². The Hall–Kier alpha value is -1.29. The maximum atomic E-state index is 11.2. The van der Waals surface area contributed by atoms with Gasteiger partial charge >= 0.3 is 0 Å². The first-order valence-corrected chi connectivity index (χ1v) is 3.80. The van der Waals surface area contributed by atoms with Crippen molar-refractivity contribution in [3.8, 4) is 0 Å². The van der Waals surface area contributed by atoms with E-state index in [1.54, 1.807) is 25.3 Å². The highest BCUT2D eigenvalue weighted by molar-refractivity contribution is 5.92. The lowest BCUT2D eigenvalue weighted by Crippen LogP contribution is -2.30. The van der Waals surface area contributed by atoms with Crippen molar-refractivity contribution in [1.82, 2.24) is 10.3 Å². The van der Waals surface area contributed by atoms with Crippen molar-refractivity contribution in [2.24, 2.45) is 0 Å². The van der Waals surface area contributed by atoms with Crippen molar-refractivity contribution in [2.45, 2.75) is 13.0 Å². The van der Waals surface area contributed by atoms with E-state index >= 15 is 0 Å². The molecule has 1 rings (SSSR count). The number of hydrogen-bond acceptors (Lipinski definition) is 2. The molecule has 1 aromatic heterocycles. The van der Waals surface area contributed by atoms with Crippen LogP contribution in [-0.2, 0) is 0 Å². The van der Waals surface area contributed by atoms with E-state index in [0.29, 0.717) is 5.69 Å². The van der Waals surface area contributed by atoms with Crippen LogP contribution < -0.4 is 5.32 Å². The van der Waals surface area contributed by atoms with Gasteiger partial charge in [-0.3, -0.25) is 4.79 Å². The molecule has 66 valence electrons. The predicted octanol–water partition coefficient (Wildman–Crippen LogP) is 0.125. The number of hydrogen-bond donors (Lipinski definition) is 3. The number of aliphatic hydroxyl groups is 1. The van der Waals surface area contributed by atoms with E-state index < -0.39 is 6.10 Å². The molecule has 4 nitrogen and oxygen atoms in total. The van der Waals surface area contributed by atoms with Crippen molar-refractivity contribution in [3.63, 3.8) is 0 Å². The molecular formula is C8H12N2O2. The van der Waals surface area contributed by atoms with E-state index in [0.717, 1.165) is 0 Å². The highest BCUT2D eigenvalue weighted by Gasteiger charge is 2.05. The first-order valence-electron chi connectivity index (χ1n) is 3.80. The van der Waals surface area contributed by atoms with Crippen molar-refractivity contribution < 1.29 is 9.90 Å². The van der Waals surface area contributed by atoms with Crippen LogP contribution in [0, 0.1) is 0 Å². The summed E-state index contributed by atoms with van der Waals surface area (Å²) in [6.45, 7) is 1.90. The van der Waals surface area contributed by atoms with Gasteiger partial charge in [-0.1, -0.05) is 0 Å². The zero-order valence-corrected chi connectivity index (χ0v) is 6.87. The SMILES string of the molecule is CC(O)CNC(=O)c1ccc[nH]1. The topological polar surface area (TPSA) is 65.1 Å². The Morgan fingerprint density at radius 3 is 3.08 bits per heavy atom. The quantitative estimate of drug-likeness (QED) is 0.600. The molecule has 0 saturated carbocycles. The number of aromatic nitrogens is 1. The molecule has 1 aromatic rings. The molecule has 0 radical (unpaired) electrons. The van der Waals surface area contributed by atoms with Crippen LogP contribution in [0.5, 0.6) is 0 Å². The normalized spacial score (nSPS) is 12.5. The zero-order chi connectivity index (χ0) is 8.97. The summed E-state index contributed by atoms with van der Waals surface area (Å²) in [4.78, 5) is 13.9. The van der Waals surface area contributed by atoms with Gasteiger partial charge < -0.3 is 15.4 Å². The van der Waals surface area contributed by atoms with Crippen molar-refractivity contribution in [2.75, 3.05) is 6.54 Å². The molecule has 1 amide bonds. The van der Waals surface area contributed by atoms with E-state index in [1.165, 1.54) is 0 Å². The maximum Gasteiger partial charge on any atom is 0.267 e. The molecule has 4 heteroatoms. The van der Waals surface area contributed by atoms with E-state index in [1.807, 2.05) is 0 Å². The Bertz CT molecular complexity index is 242. The molecule has 1 heterocycles. The van der Waals surface area contributed by atoms with Gasteiger partial charge in [0, 0.05) is 12.7 Å². The third kappa shape index (κ3) is 2.39. The molecule has 0 aliphatic heterocycles. The van der Waals surface area contributed by atoms with Gasteiger partial charge in [0.2, 0.25) is 0 Å². The van der Waals surface area contributed by atoms with Gasteiger partial charge in [0.05, 0.1) is 6.10 Å². The van der Waals surface area contributed by atoms with Crippen molar-refractivity contribution in [3.05, 3.63) is 24.0 Å². The van der Waals surface area contributed by atoms with Crippen molar-refractivity contribution in [1.29, 1.82) is 0 Å². The predicted molar refractivity (Wildman–Crippen MR) is 44.8 cm³/mol. The van der Waals surface area contributed by atoms with Crippen LogP contribution in [-0.4, -0.2) is 28.6 Å². The Labute approximate surface area is 70.6 Å². The smallest absolute Gasteiger partial charge is 0.267 e. The lowest BCUT2D eigenvalue weighted by Gasteiger charge is -2.04. The molecule has 0 aliphatic carbocycles. The average Bonchev–Trinajstić information content (AvgIpc) is 2.51. The number of rotatable bonds is 3. The van der Waals surface area contributed by atoms with E-state index in [9.17, 15) is 4.79 Å². The zero-order valence-electron chi connectivity index (χ0n) is 6.87. The molecule has 12 heavy (non-hydrogen) atoms. The fraction of sp³-hybridized carbons (Fsp3) is 0.375.